The third-order valence-electron chi connectivity index (χ3n) is 2.88. The summed E-state index contributed by atoms with van der Waals surface area (Å²) in [6, 6.07) is 4.37. The molecule has 1 unspecified atom stereocenters. The SMILES string of the molecule is CS(=O)(=O)c1cc(N)cc(C(=O)NC2CCSC2)c1. The monoisotopic (exact) mass is 300 g/mol. The van der Waals surface area contributed by atoms with Gasteiger partial charge in [-0.15, -0.1) is 0 Å². The lowest BCUT2D eigenvalue weighted by atomic mass is 10.1. The van der Waals surface area contributed by atoms with Gasteiger partial charge in [0.1, 0.15) is 0 Å². The van der Waals surface area contributed by atoms with Gasteiger partial charge >= 0.3 is 0 Å². The molecule has 1 fully saturated rings. The van der Waals surface area contributed by atoms with E-state index in [4.69, 9.17) is 5.73 Å². The van der Waals surface area contributed by atoms with E-state index in [2.05, 4.69) is 5.32 Å². The predicted octanol–water partition coefficient (Wildman–Crippen LogP) is 0.908. The fraction of sp³-hybridized carbons (Fsp3) is 0.417. The summed E-state index contributed by atoms with van der Waals surface area (Å²) in [4.78, 5) is 12.1. The molecule has 1 aliphatic heterocycles. The van der Waals surface area contributed by atoms with Crippen LogP contribution in [0.25, 0.3) is 0 Å². The lowest BCUT2D eigenvalue weighted by molar-refractivity contribution is 0.0941. The third-order valence-corrected chi connectivity index (χ3v) is 5.14. The Morgan fingerprint density at radius 2 is 2.16 bits per heavy atom. The number of carbonyl (C=O) groups excluding carboxylic acids is 1. The first-order valence-electron chi connectivity index (χ1n) is 5.85. The van der Waals surface area contributed by atoms with E-state index in [1.54, 1.807) is 11.8 Å². The van der Waals surface area contributed by atoms with Crippen molar-refractivity contribution in [2.45, 2.75) is 17.4 Å². The summed E-state index contributed by atoms with van der Waals surface area (Å²) >= 11 is 1.79. The Bertz CT molecular complexity index is 593. The van der Waals surface area contributed by atoms with Gasteiger partial charge in [0.25, 0.3) is 5.91 Å². The summed E-state index contributed by atoms with van der Waals surface area (Å²) in [6.45, 7) is 0. The van der Waals surface area contributed by atoms with Gasteiger partial charge in [0.05, 0.1) is 4.90 Å². The minimum absolute atomic E-state index is 0.0680. The Morgan fingerprint density at radius 1 is 1.42 bits per heavy atom. The molecule has 0 spiro atoms. The number of nitrogens with two attached hydrogens (primary N) is 1. The largest absolute Gasteiger partial charge is 0.399 e. The molecule has 3 N–H and O–H groups in total. The van der Waals surface area contributed by atoms with Crippen LogP contribution in [0.15, 0.2) is 23.1 Å². The van der Waals surface area contributed by atoms with E-state index in [1.807, 2.05) is 0 Å². The topological polar surface area (TPSA) is 89.3 Å². The molecule has 104 valence electrons. The number of anilines is 1. The van der Waals surface area contributed by atoms with Gasteiger partial charge < -0.3 is 11.1 Å². The third kappa shape index (κ3) is 3.63. The zero-order valence-electron chi connectivity index (χ0n) is 10.5. The Balaban J connectivity index is 2.24. The molecule has 1 heterocycles. The van der Waals surface area contributed by atoms with Crippen LogP contribution in [0.2, 0.25) is 0 Å². The molecule has 0 saturated carbocycles. The second-order valence-corrected chi connectivity index (χ2v) is 7.76. The van der Waals surface area contributed by atoms with Gasteiger partial charge in [0, 0.05) is 29.3 Å². The number of nitrogen functional groups attached to an aromatic ring is 1. The lowest BCUT2D eigenvalue weighted by Crippen LogP contribution is -2.34. The van der Waals surface area contributed by atoms with Crippen molar-refractivity contribution in [1.82, 2.24) is 5.32 Å². The summed E-state index contributed by atoms with van der Waals surface area (Å²) in [7, 11) is -3.37. The highest BCUT2D eigenvalue weighted by atomic mass is 32.2. The number of sulfone groups is 1. The van der Waals surface area contributed by atoms with Gasteiger partial charge in [0.15, 0.2) is 9.84 Å². The Labute approximate surface area is 116 Å². The Hall–Kier alpha value is -1.21. The molecule has 1 atom stereocenters. The zero-order valence-corrected chi connectivity index (χ0v) is 12.2. The minimum Gasteiger partial charge on any atom is -0.399 e. The smallest absolute Gasteiger partial charge is 0.251 e. The fourth-order valence-electron chi connectivity index (χ4n) is 1.88. The molecule has 0 radical (unpaired) electrons. The molecule has 1 amide bonds. The molecule has 5 nitrogen and oxygen atoms in total. The number of hydrogen-bond donors (Lipinski definition) is 2. The van der Waals surface area contributed by atoms with Crippen molar-refractivity contribution in [3.63, 3.8) is 0 Å². The van der Waals surface area contributed by atoms with Gasteiger partial charge in [-0.05, 0) is 30.4 Å². The molecule has 0 bridgehead atoms. The van der Waals surface area contributed by atoms with Crippen LogP contribution >= 0.6 is 11.8 Å². The Kier molecular flexibility index (Phi) is 4.05. The summed E-state index contributed by atoms with van der Waals surface area (Å²) in [5.41, 5.74) is 6.21. The average Bonchev–Trinajstić information content (AvgIpc) is 2.79. The van der Waals surface area contributed by atoms with E-state index < -0.39 is 9.84 Å². The number of benzene rings is 1. The molecular weight excluding hydrogens is 284 g/mol. The van der Waals surface area contributed by atoms with Crippen molar-refractivity contribution in [1.29, 1.82) is 0 Å². The van der Waals surface area contributed by atoms with Gasteiger partial charge in [0.2, 0.25) is 0 Å². The maximum atomic E-state index is 12.1. The highest BCUT2D eigenvalue weighted by molar-refractivity contribution is 7.99. The molecule has 2 rings (SSSR count). The predicted molar refractivity (Wildman–Crippen MR) is 77.2 cm³/mol. The Morgan fingerprint density at radius 3 is 2.74 bits per heavy atom. The highest BCUT2D eigenvalue weighted by Crippen LogP contribution is 2.19. The number of carbonyl (C=O) groups is 1. The van der Waals surface area contributed by atoms with Crippen LogP contribution in [0.5, 0.6) is 0 Å². The summed E-state index contributed by atoms with van der Waals surface area (Å²) in [5, 5.41) is 2.89. The first-order valence-corrected chi connectivity index (χ1v) is 8.90. The van der Waals surface area contributed by atoms with E-state index in [0.29, 0.717) is 0 Å². The van der Waals surface area contributed by atoms with Crippen molar-refractivity contribution in [2.75, 3.05) is 23.5 Å². The maximum absolute atomic E-state index is 12.1. The molecule has 1 saturated heterocycles. The quantitative estimate of drug-likeness (QED) is 0.810. The first kappa shape index (κ1) is 14.2. The van der Waals surface area contributed by atoms with Crippen LogP contribution in [0.4, 0.5) is 5.69 Å². The summed E-state index contributed by atoms with van der Waals surface area (Å²) in [6.07, 6.45) is 2.04. The van der Waals surface area contributed by atoms with E-state index >= 15 is 0 Å². The van der Waals surface area contributed by atoms with Gasteiger partial charge in [-0.1, -0.05) is 0 Å². The van der Waals surface area contributed by atoms with E-state index in [1.165, 1.54) is 18.2 Å². The van der Waals surface area contributed by atoms with Gasteiger partial charge in [-0.25, -0.2) is 8.42 Å². The van der Waals surface area contributed by atoms with Gasteiger partial charge in [-0.3, -0.25) is 4.79 Å². The second-order valence-electron chi connectivity index (χ2n) is 4.60. The lowest BCUT2D eigenvalue weighted by Gasteiger charge is -2.12. The van der Waals surface area contributed by atoms with Crippen LogP contribution in [0.1, 0.15) is 16.8 Å². The number of hydrogen-bond acceptors (Lipinski definition) is 5. The van der Waals surface area contributed by atoms with Crippen LogP contribution in [-0.2, 0) is 9.84 Å². The first-order chi connectivity index (χ1) is 8.86. The molecular formula is C12H16N2O3S2. The number of amides is 1. The highest BCUT2D eigenvalue weighted by Gasteiger charge is 2.19. The number of rotatable bonds is 3. The molecule has 7 heteroatoms. The summed E-state index contributed by atoms with van der Waals surface area (Å²) < 4.78 is 23.0. The zero-order chi connectivity index (χ0) is 14.0. The van der Waals surface area contributed by atoms with Crippen molar-refractivity contribution in [3.8, 4) is 0 Å². The van der Waals surface area contributed by atoms with Crippen LogP contribution < -0.4 is 11.1 Å². The maximum Gasteiger partial charge on any atom is 0.251 e. The molecule has 0 aromatic heterocycles. The molecule has 1 aromatic rings. The molecule has 1 aromatic carbocycles. The number of nitrogens with one attached hydrogen (secondary N) is 1. The van der Waals surface area contributed by atoms with Crippen LogP contribution in [0, 0.1) is 0 Å². The summed E-state index contributed by atoms with van der Waals surface area (Å²) in [5.74, 6) is 1.66. The number of thioether (sulfide) groups is 1. The van der Waals surface area contributed by atoms with Crippen molar-refractivity contribution in [2.24, 2.45) is 0 Å². The molecule has 19 heavy (non-hydrogen) atoms. The van der Waals surface area contributed by atoms with Gasteiger partial charge in [-0.2, -0.15) is 11.8 Å². The minimum atomic E-state index is -3.37. The van der Waals surface area contributed by atoms with Crippen molar-refractivity contribution >= 4 is 33.2 Å². The molecule has 0 aliphatic carbocycles. The normalized spacial score (nSPS) is 19.3. The van der Waals surface area contributed by atoms with Crippen molar-refractivity contribution < 1.29 is 13.2 Å². The molecule has 1 aliphatic rings. The van der Waals surface area contributed by atoms with Crippen molar-refractivity contribution in [3.05, 3.63) is 23.8 Å². The standard InChI is InChI=1S/C12H16N2O3S2/c1-19(16,17)11-5-8(4-9(13)6-11)12(15)14-10-2-3-18-7-10/h4-6,10H,2-3,7,13H2,1H3,(H,14,15). The average molecular weight is 300 g/mol. The second kappa shape index (κ2) is 5.42. The van der Waals surface area contributed by atoms with Crippen LogP contribution in [-0.4, -0.2) is 38.1 Å². The van der Waals surface area contributed by atoms with E-state index in [-0.39, 0.29) is 28.1 Å². The van der Waals surface area contributed by atoms with E-state index in [0.717, 1.165) is 24.2 Å². The fourth-order valence-corrected chi connectivity index (χ4v) is 3.73. The van der Waals surface area contributed by atoms with E-state index in [9.17, 15) is 13.2 Å². The van der Waals surface area contributed by atoms with Crippen LogP contribution in [0.3, 0.4) is 0 Å².